The van der Waals surface area contributed by atoms with E-state index in [0.29, 0.717) is 34.9 Å². The monoisotopic (exact) mass is 393 g/mol. The number of rotatable bonds is 4. The summed E-state index contributed by atoms with van der Waals surface area (Å²) in [4.78, 5) is 8.63. The lowest BCUT2D eigenvalue weighted by atomic mass is 9.99. The Kier molecular flexibility index (Phi) is 4.31. The van der Waals surface area contributed by atoms with E-state index in [9.17, 15) is 8.78 Å². The van der Waals surface area contributed by atoms with E-state index in [4.69, 9.17) is 4.74 Å². The molecule has 1 aliphatic heterocycles. The second-order valence-corrected chi connectivity index (χ2v) is 6.78. The highest BCUT2D eigenvalue weighted by molar-refractivity contribution is 5.77. The molecule has 5 rings (SSSR count). The van der Waals surface area contributed by atoms with Crippen molar-refractivity contribution < 1.29 is 13.5 Å². The minimum Gasteiger partial charge on any atom is -0.493 e. The highest BCUT2D eigenvalue weighted by atomic mass is 19.1. The summed E-state index contributed by atoms with van der Waals surface area (Å²) < 4.78 is 35.8. The number of benzene rings is 2. The molecule has 8 heteroatoms. The molecule has 29 heavy (non-hydrogen) atoms. The fraction of sp³-hybridized carbons (Fsp3) is 0.190. The van der Waals surface area contributed by atoms with Gasteiger partial charge in [-0.15, -0.1) is 0 Å². The molecular weight excluding hydrogens is 376 g/mol. The van der Waals surface area contributed by atoms with Crippen molar-refractivity contribution >= 4 is 11.6 Å². The number of ether oxygens (including phenoxy) is 1. The Labute approximate surface area is 165 Å². The number of fused-ring (bicyclic) bond motifs is 2. The van der Waals surface area contributed by atoms with Crippen LogP contribution in [0, 0.1) is 11.6 Å². The zero-order valence-corrected chi connectivity index (χ0v) is 15.4. The minimum absolute atomic E-state index is 0.222. The number of aromatic nitrogens is 4. The van der Waals surface area contributed by atoms with Gasteiger partial charge in [0.15, 0.2) is 5.65 Å². The first-order valence-corrected chi connectivity index (χ1v) is 9.33. The second kappa shape index (κ2) is 7.12. The zero-order valence-electron chi connectivity index (χ0n) is 15.4. The van der Waals surface area contributed by atoms with Crippen LogP contribution < -0.4 is 10.1 Å². The van der Waals surface area contributed by atoms with Gasteiger partial charge in [-0.2, -0.15) is 9.61 Å². The second-order valence-electron chi connectivity index (χ2n) is 6.78. The molecule has 2 aromatic heterocycles. The third kappa shape index (κ3) is 3.06. The molecule has 0 fully saturated rings. The van der Waals surface area contributed by atoms with Crippen LogP contribution in [-0.4, -0.2) is 26.2 Å². The zero-order chi connectivity index (χ0) is 19.8. The Morgan fingerprint density at radius 2 is 1.93 bits per heavy atom. The minimum atomic E-state index is -0.363. The molecule has 0 unspecified atom stereocenters. The van der Waals surface area contributed by atoms with Crippen LogP contribution in [0.4, 0.5) is 14.7 Å². The lowest BCUT2D eigenvalue weighted by molar-refractivity contribution is 0.286. The van der Waals surface area contributed by atoms with Crippen LogP contribution in [0.1, 0.15) is 17.5 Å². The van der Waals surface area contributed by atoms with Gasteiger partial charge in [0, 0.05) is 35.0 Å². The number of hydrogen-bond donors (Lipinski definition) is 1. The maximum absolute atomic E-state index is 14.5. The summed E-state index contributed by atoms with van der Waals surface area (Å²) in [6.45, 7) is 0.865. The first kappa shape index (κ1) is 17.5. The van der Waals surface area contributed by atoms with Gasteiger partial charge < -0.3 is 10.1 Å². The SMILES string of the molecule is Fc1ccccc1-c1cnc(NCc2c(F)ccc3c2CCCO3)n2ncnc12. The van der Waals surface area contributed by atoms with Gasteiger partial charge in [-0.25, -0.2) is 18.7 Å². The van der Waals surface area contributed by atoms with Crippen LogP contribution in [0.25, 0.3) is 16.8 Å². The molecular formula is C21H17F2N5O. The van der Waals surface area contributed by atoms with Gasteiger partial charge in [0.25, 0.3) is 0 Å². The molecule has 3 heterocycles. The van der Waals surface area contributed by atoms with E-state index in [1.54, 1.807) is 30.5 Å². The van der Waals surface area contributed by atoms with Gasteiger partial charge in [0.2, 0.25) is 5.95 Å². The maximum Gasteiger partial charge on any atom is 0.226 e. The topological polar surface area (TPSA) is 64.3 Å². The van der Waals surface area contributed by atoms with Crippen molar-refractivity contribution in [3.8, 4) is 16.9 Å². The molecule has 1 N–H and O–H groups in total. The van der Waals surface area contributed by atoms with Crippen LogP contribution in [0.2, 0.25) is 0 Å². The first-order chi connectivity index (χ1) is 14.2. The molecule has 0 aliphatic carbocycles. The predicted octanol–water partition coefficient (Wildman–Crippen LogP) is 4.01. The highest BCUT2D eigenvalue weighted by Crippen LogP contribution is 2.31. The lowest BCUT2D eigenvalue weighted by Crippen LogP contribution is -2.15. The summed E-state index contributed by atoms with van der Waals surface area (Å²) in [5, 5.41) is 7.33. The van der Waals surface area contributed by atoms with Gasteiger partial charge in [-0.05, 0) is 31.0 Å². The number of nitrogens with zero attached hydrogens (tertiary/aromatic N) is 4. The molecule has 1 aliphatic rings. The van der Waals surface area contributed by atoms with E-state index in [2.05, 4.69) is 20.4 Å². The van der Waals surface area contributed by atoms with Crippen molar-refractivity contribution in [1.82, 2.24) is 19.6 Å². The summed E-state index contributed by atoms with van der Waals surface area (Å²) in [7, 11) is 0. The van der Waals surface area contributed by atoms with E-state index in [0.717, 1.165) is 24.2 Å². The van der Waals surface area contributed by atoms with Gasteiger partial charge in [0.05, 0.1) is 6.61 Å². The fourth-order valence-electron chi connectivity index (χ4n) is 3.65. The summed E-state index contributed by atoms with van der Waals surface area (Å²) in [5.41, 5.74) is 2.82. The van der Waals surface area contributed by atoms with E-state index in [-0.39, 0.29) is 18.2 Å². The van der Waals surface area contributed by atoms with Gasteiger partial charge in [-0.3, -0.25) is 0 Å². The smallest absolute Gasteiger partial charge is 0.226 e. The number of nitrogens with one attached hydrogen (secondary N) is 1. The first-order valence-electron chi connectivity index (χ1n) is 9.33. The summed E-state index contributed by atoms with van der Waals surface area (Å²) in [5.74, 6) is 0.465. The van der Waals surface area contributed by atoms with Crippen molar-refractivity contribution in [2.75, 3.05) is 11.9 Å². The van der Waals surface area contributed by atoms with E-state index >= 15 is 0 Å². The van der Waals surface area contributed by atoms with Crippen LogP contribution >= 0.6 is 0 Å². The van der Waals surface area contributed by atoms with Gasteiger partial charge in [-0.1, -0.05) is 18.2 Å². The van der Waals surface area contributed by atoms with E-state index < -0.39 is 0 Å². The van der Waals surface area contributed by atoms with Crippen molar-refractivity contribution in [3.63, 3.8) is 0 Å². The number of hydrogen-bond acceptors (Lipinski definition) is 5. The Balaban J connectivity index is 1.50. The van der Waals surface area contributed by atoms with Gasteiger partial charge in [0.1, 0.15) is 23.7 Å². The van der Waals surface area contributed by atoms with Crippen molar-refractivity contribution in [2.24, 2.45) is 0 Å². The molecule has 0 saturated heterocycles. The fourth-order valence-corrected chi connectivity index (χ4v) is 3.65. The molecule has 0 amide bonds. The third-order valence-corrected chi connectivity index (χ3v) is 5.05. The largest absolute Gasteiger partial charge is 0.493 e. The molecule has 6 nitrogen and oxygen atoms in total. The Bertz CT molecular complexity index is 1210. The molecule has 0 saturated carbocycles. The molecule has 4 aromatic rings. The third-order valence-electron chi connectivity index (χ3n) is 5.05. The van der Waals surface area contributed by atoms with Crippen LogP contribution in [-0.2, 0) is 13.0 Å². The van der Waals surface area contributed by atoms with Crippen molar-refractivity contribution in [3.05, 3.63) is 71.7 Å². The summed E-state index contributed by atoms with van der Waals surface area (Å²) >= 11 is 0. The van der Waals surface area contributed by atoms with Crippen molar-refractivity contribution in [2.45, 2.75) is 19.4 Å². The lowest BCUT2D eigenvalue weighted by Gasteiger charge is -2.21. The molecule has 0 spiro atoms. The summed E-state index contributed by atoms with van der Waals surface area (Å²) in [6.07, 6.45) is 4.55. The van der Waals surface area contributed by atoms with E-state index in [1.807, 2.05) is 0 Å². The molecule has 0 radical (unpaired) electrons. The Hall–Kier alpha value is -3.55. The molecule has 0 atom stereocenters. The van der Waals surface area contributed by atoms with Crippen LogP contribution in [0.3, 0.4) is 0 Å². The highest BCUT2D eigenvalue weighted by Gasteiger charge is 2.19. The van der Waals surface area contributed by atoms with Crippen LogP contribution in [0.15, 0.2) is 48.9 Å². The number of anilines is 1. The average Bonchev–Trinajstić information content (AvgIpc) is 3.24. The normalized spacial score (nSPS) is 13.2. The van der Waals surface area contributed by atoms with Crippen molar-refractivity contribution in [1.29, 1.82) is 0 Å². The quantitative estimate of drug-likeness (QED) is 0.568. The van der Waals surface area contributed by atoms with Crippen LogP contribution in [0.5, 0.6) is 5.75 Å². The predicted molar refractivity (Wildman–Crippen MR) is 104 cm³/mol. The number of halogens is 2. The summed E-state index contributed by atoms with van der Waals surface area (Å²) in [6, 6.07) is 9.52. The Morgan fingerprint density at radius 1 is 1.03 bits per heavy atom. The molecule has 2 aromatic carbocycles. The van der Waals surface area contributed by atoms with Gasteiger partial charge >= 0.3 is 0 Å². The average molecular weight is 393 g/mol. The maximum atomic E-state index is 14.5. The Morgan fingerprint density at radius 3 is 2.83 bits per heavy atom. The molecule has 146 valence electrons. The van der Waals surface area contributed by atoms with E-state index in [1.165, 1.54) is 23.0 Å². The molecule has 0 bridgehead atoms. The standard InChI is InChI=1S/C21H17F2N5O/c22-17-6-2-1-4-13(17)16-11-25-21(28-20(16)26-12-27-28)24-10-15-14-5-3-9-29-19(14)8-7-18(15)23/h1-2,4,6-8,11-12H,3,5,9-10H2,(H,24,25).